The first-order valence-corrected chi connectivity index (χ1v) is 15.1. The number of fused-ring (bicyclic) bond motifs is 8. The summed E-state index contributed by atoms with van der Waals surface area (Å²) in [5.41, 5.74) is 6.87. The number of hydrogen-bond acceptors (Lipinski definition) is 5. The predicted molar refractivity (Wildman–Crippen MR) is 181 cm³/mol. The van der Waals surface area contributed by atoms with E-state index in [2.05, 4.69) is 95.9 Å². The van der Waals surface area contributed by atoms with Crippen LogP contribution in [0.15, 0.2) is 144 Å². The van der Waals surface area contributed by atoms with Gasteiger partial charge in [0.05, 0.1) is 5.69 Å². The van der Waals surface area contributed by atoms with Gasteiger partial charge in [-0.2, -0.15) is 0 Å². The van der Waals surface area contributed by atoms with Crippen molar-refractivity contribution in [2.45, 2.75) is 0 Å². The first-order valence-electron chi connectivity index (χ1n) is 15.1. The predicted octanol–water partition coefficient (Wildman–Crippen LogP) is 8.33. The van der Waals surface area contributed by atoms with E-state index in [0.717, 1.165) is 89.3 Å². The van der Waals surface area contributed by atoms with Crippen molar-refractivity contribution in [1.82, 2.24) is 4.98 Å². The van der Waals surface area contributed by atoms with Crippen LogP contribution < -0.4 is 30.8 Å². The van der Waals surface area contributed by atoms with E-state index in [0.29, 0.717) is 0 Å². The van der Waals surface area contributed by atoms with Gasteiger partial charge in [0, 0.05) is 39.6 Å². The van der Waals surface area contributed by atoms with Crippen molar-refractivity contribution in [2.75, 3.05) is 4.90 Å². The lowest BCUT2D eigenvalue weighted by Crippen LogP contribution is -2.57. The molecule has 6 heteroatoms. The number of rotatable bonds is 3. The van der Waals surface area contributed by atoms with E-state index in [1.165, 1.54) is 0 Å². The van der Waals surface area contributed by atoms with E-state index in [1.54, 1.807) is 0 Å². The van der Waals surface area contributed by atoms with Crippen molar-refractivity contribution in [1.29, 1.82) is 0 Å². The van der Waals surface area contributed by atoms with E-state index >= 15 is 0 Å². The Kier molecular flexibility index (Phi) is 5.02. The third-order valence-electron chi connectivity index (χ3n) is 9.02. The quantitative estimate of drug-likeness (QED) is 0.197. The molecule has 6 aromatic carbocycles. The molecule has 210 valence electrons. The molecule has 10 rings (SSSR count). The molecule has 0 N–H and O–H groups in total. The van der Waals surface area contributed by atoms with Crippen molar-refractivity contribution in [2.24, 2.45) is 0 Å². The second-order valence-electron chi connectivity index (χ2n) is 11.5. The minimum Gasteiger partial charge on any atom is -0.458 e. The maximum Gasteiger partial charge on any atom is 0.260 e. The van der Waals surface area contributed by atoms with Crippen molar-refractivity contribution < 1.29 is 13.9 Å². The molecule has 0 spiro atoms. The first-order chi connectivity index (χ1) is 22.3. The number of benzene rings is 6. The van der Waals surface area contributed by atoms with Crippen molar-refractivity contribution in [3.63, 3.8) is 0 Å². The van der Waals surface area contributed by atoms with Gasteiger partial charge in [0.1, 0.15) is 40.0 Å². The van der Waals surface area contributed by atoms with E-state index in [4.69, 9.17) is 18.9 Å². The second kappa shape index (κ2) is 9.25. The van der Waals surface area contributed by atoms with E-state index < -0.39 is 0 Å². The number of furan rings is 1. The molecule has 0 bridgehead atoms. The van der Waals surface area contributed by atoms with Gasteiger partial charge < -0.3 is 13.9 Å². The lowest BCUT2D eigenvalue weighted by Gasteiger charge is -2.32. The normalized spacial score (nSPS) is 12.8. The lowest BCUT2D eigenvalue weighted by atomic mass is 9.35. The Labute approximate surface area is 259 Å². The highest BCUT2D eigenvalue weighted by Crippen LogP contribution is 2.42. The lowest BCUT2D eigenvalue weighted by molar-refractivity contribution is 0.465. The second-order valence-corrected chi connectivity index (χ2v) is 11.5. The van der Waals surface area contributed by atoms with Crippen LogP contribution in [0.25, 0.3) is 32.7 Å². The molecular formula is C39H23BN2O3. The number of ether oxygens (including phenoxy) is 2. The smallest absolute Gasteiger partial charge is 0.260 e. The van der Waals surface area contributed by atoms with E-state index in [-0.39, 0.29) is 6.71 Å². The van der Waals surface area contributed by atoms with Crippen LogP contribution in [0.3, 0.4) is 0 Å². The number of pyridine rings is 1. The third kappa shape index (κ3) is 3.60. The van der Waals surface area contributed by atoms with Crippen LogP contribution in [0.5, 0.6) is 23.0 Å². The fraction of sp³-hybridized carbons (Fsp3) is 0. The summed E-state index contributed by atoms with van der Waals surface area (Å²) >= 11 is 0. The summed E-state index contributed by atoms with van der Waals surface area (Å²) in [6, 6.07) is 45.7. The molecule has 8 aromatic rings. The summed E-state index contributed by atoms with van der Waals surface area (Å²) < 4.78 is 19.5. The average molecular weight is 578 g/mol. The molecule has 0 radical (unpaired) electrons. The number of aromatic nitrogens is 1. The Morgan fingerprint density at radius 2 is 1.27 bits per heavy atom. The highest BCUT2D eigenvalue weighted by atomic mass is 16.5. The highest BCUT2D eigenvalue weighted by molar-refractivity contribution is 6.98. The van der Waals surface area contributed by atoms with Gasteiger partial charge in [0.15, 0.2) is 0 Å². The minimum atomic E-state index is -0.0101. The SMILES string of the molecule is c1ccc(N(c2ccc3c(c2)oc2cc4c(cc23)Oc2cccc3c2B4c2ccccc2O3)c2nccc3ccccc23)cc1. The molecule has 0 fully saturated rings. The van der Waals surface area contributed by atoms with Crippen LogP contribution >= 0.6 is 0 Å². The summed E-state index contributed by atoms with van der Waals surface area (Å²) in [5.74, 6) is 4.24. The number of para-hydroxylation sites is 2. The fourth-order valence-corrected chi connectivity index (χ4v) is 7.03. The Bertz CT molecular complexity index is 2470. The average Bonchev–Trinajstić information content (AvgIpc) is 3.44. The van der Waals surface area contributed by atoms with Crippen LogP contribution in [-0.4, -0.2) is 11.7 Å². The van der Waals surface area contributed by atoms with Crippen LogP contribution in [-0.2, 0) is 0 Å². The topological polar surface area (TPSA) is 47.7 Å². The van der Waals surface area contributed by atoms with Gasteiger partial charge in [0.25, 0.3) is 6.71 Å². The zero-order chi connectivity index (χ0) is 29.5. The standard InChI is InChI=1S/C39H23BN2O3/c1-2-10-25(11-3-1)42(39-27-12-5-4-9-24(27)19-20-41-39)26-17-18-28-29-22-37-31(23-36(29)45-35(28)21-26)40-30-13-6-7-14-32(30)43-33-15-8-16-34(44-37)38(33)40/h1-23H. The fourth-order valence-electron chi connectivity index (χ4n) is 7.03. The molecule has 0 unspecified atom stereocenters. The summed E-state index contributed by atoms with van der Waals surface area (Å²) in [5, 5.41) is 4.27. The van der Waals surface area contributed by atoms with Crippen LogP contribution in [0.4, 0.5) is 17.2 Å². The molecule has 0 amide bonds. The number of nitrogens with zero attached hydrogens (tertiary/aromatic N) is 2. The molecule has 4 heterocycles. The molecule has 0 saturated heterocycles. The summed E-state index contributed by atoms with van der Waals surface area (Å²) in [6.07, 6.45) is 1.87. The minimum absolute atomic E-state index is 0.0101. The summed E-state index contributed by atoms with van der Waals surface area (Å²) in [6.45, 7) is -0.0101. The largest absolute Gasteiger partial charge is 0.458 e. The molecule has 2 aromatic heterocycles. The van der Waals surface area contributed by atoms with Gasteiger partial charge in [-0.05, 0) is 77.0 Å². The van der Waals surface area contributed by atoms with Gasteiger partial charge in [-0.1, -0.05) is 66.7 Å². The number of anilines is 3. The first kappa shape index (κ1) is 24.4. The molecule has 0 aliphatic carbocycles. The zero-order valence-electron chi connectivity index (χ0n) is 24.0. The van der Waals surface area contributed by atoms with Crippen molar-refractivity contribution in [3.8, 4) is 23.0 Å². The van der Waals surface area contributed by atoms with Crippen LogP contribution in [0.1, 0.15) is 0 Å². The Morgan fingerprint density at radius 3 is 2.18 bits per heavy atom. The molecule has 45 heavy (non-hydrogen) atoms. The Morgan fingerprint density at radius 1 is 0.511 bits per heavy atom. The molecule has 0 saturated carbocycles. The van der Waals surface area contributed by atoms with Crippen LogP contribution in [0.2, 0.25) is 0 Å². The van der Waals surface area contributed by atoms with Gasteiger partial charge >= 0.3 is 0 Å². The molecule has 0 atom stereocenters. The van der Waals surface area contributed by atoms with Gasteiger partial charge in [-0.3, -0.25) is 4.90 Å². The maximum absolute atomic E-state index is 6.65. The van der Waals surface area contributed by atoms with Crippen LogP contribution in [0, 0.1) is 0 Å². The Balaban J connectivity index is 1.16. The van der Waals surface area contributed by atoms with Gasteiger partial charge in [0.2, 0.25) is 0 Å². The van der Waals surface area contributed by atoms with Gasteiger partial charge in [-0.15, -0.1) is 0 Å². The molecule has 2 aliphatic rings. The summed E-state index contributed by atoms with van der Waals surface area (Å²) in [7, 11) is 0. The van der Waals surface area contributed by atoms with Crippen molar-refractivity contribution >= 4 is 73.0 Å². The summed E-state index contributed by atoms with van der Waals surface area (Å²) in [4.78, 5) is 7.07. The highest BCUT2D eigenvalue weighted by Gasteiger charge is 2.40. The van der Waals surface area contributed by atoms with Gasteiger partial charge in [-0.25, -0.2) is 4.98 Å². The van der Waals surface area contributed by atoms with E-state index in [1.807, 2.05) is 48.7 Å². The molecule has 2 aliphatic heterocycles. The monoisotopic (exact) mass is 578 g/mol. The molecule has 5 nitrogen and oxygen atoms in total. The molecular weight excluding hydrogens is 555 g/mol. The number of hydrogen-bond donors (Lipinski definition) is 0. The van der Waals surface area contributed by atoms with Crippen molar-refractivity contribution in [3.05, 3.63) is 140 Å². The third-order valence-corrected chi connectivity index (χ3v) is 9.02. The maximum atomic E-state index is 6.65. The zero-order valence-corrected chi connectivity index (χ0v) is 24.0. The Hall–Kier alpha value is -6.01. The van der Waals surface area contributed by atoms with E-state index in [9.17, 15) is 0 Å².